The Morgan fingerprint density at radius 2 is 1.68 bits per heavy atom. The van der Waals surface area contributed by atoms with Gasteiger partial charge in [0.05, 0.1) is 11.2 Å². The average molecular weight is 571 g/mol. The van der Waals surface area contributed by atoms with Crippen LogP contribution < -0.4 is 15.0 Å². The number of hydrogen-bond donors (Lipinski definition) is 3. The molecular formula is C30H30F4N4O3. The number of nitrogens with one attached hydrogen (secondary N) is 1. The summed E-state index contributed by atoms with van der Waals surface area (Å²) in [7, 11) is 0. The number of nitrogens with zero attached hydrogens (tertiary/aromatic N) is 3. The molecule has 2 fully saturated rings. The van der Waals surface area contributed by atoms with Gasteiger partial charge in [-0.2, -0.15) is 9.97 Å². The molecule has 1 aromatic heterocycles. The Hall–Kier alpha value is -3.70. The molecule has 2 aliphatic rings. The summed E-state index contributed by atoms with van der Waals surface area (Å²) in [5.41, 5.74) is -2.46. The smallest absolute Gasteiger partial charge is 0.319 e. The first kappa shape index (κ1) is 27.5. The van der Waals surface area contributed by atoms with Crippen LogP contribution in [-0.2, 0) is 0 Å². The lowest BCUT2D eigenvalue weighted by Gasteiger charge is -2.34. The predicted molar refractivity (Wildman–Crippen MR) is 147 cm³/mol. The Morgan fingerprint density at radius 3 is 2.37 bits per heavy atom. The maximum atomic E-state index is 16.4. The minimum Gasteiger partial charge on any atom is -0.508 e. The van der Waals surface area contributed by atoms with E-state index >= 15 is 8.78 Å². The van der Waals surface area contributed by atoms with E-state index in [9.17, 15) is 19.0 Å². The van der Waals surface area contributed by atoms with Gasteiger partial charge in [0.25, 0.3) is 0 Å². The summed E-state index contributed by atoms with van der Waals surface area (Å²) in [4.78, 5) is 10.7. The summed E-state index contributed by atoms with van der Waals surface area (Å²) in [6, 6.07) is 5.55. The number of aromatic hydroxyl groups is 1. The molecule has 3 heterocycles. The highest BCUT2D eigenvalue weighted by molar-refractivity contribution is 6.02. The zero-order valence-electron chi connectivity index (χ0n) is 22.6. The Balaban J connectivity index is 1.57. The first-order valence-electron chi connectivity index (χ1n) is 13.8. The number of rotatable bonds is 7. The van der Waals surface area contributed by atoms with E-state index in [1.165, 1.54) is 12.1 Å². The van der Waals surface area contributed by atoms with Crippen LogP contribution in [0.5, 0.6) is 11.8 Å². The van der Waals surface area contributed by atoms with Crippen molar-refractivity contribution in [3.63, 3.8) is 0 Å². The Kier molecular flexibility index (Phi) is 6.89. The molecule has 2 unspecified atom stereocenters. The molecule has 41 heavy (non-hydrogen) atoms. The van der Waals surface area contributed by atoms with E-state index in [1.807, 2.05) is 18.7 Å². The molecule has 2 atom stereocenters. The number of aliphatic hydroxyl groups is 1. The third-order valence-corrected chi connectivity index (χ3v) is 8.41. The van der Waals surface area contributed by atoms with Gasteiger partial charge in [-0.1, -0.05) is 19.9 Å². The number of ether oxygens (including phenoxy) is 1. The zero-order chi connectivity index (χ0) is 29.1. The van der Waals surface area contributed by atoms with Crippen molar-refractivity contribution in [2.45, 2.75) is 57.2 Å². The van der Waals surface area contributed by atoms with Crippen molar-refractivity contribution in [2.75, 3.05) is 24.6 Å². The van der Waals surface area contributed by atoms with Gasteiger partial charge in [0, 0.05) is 41.5 Å². The molecule has 4 aromatic rings. The number of piperazine rings is 1. The van der Waals surface area contributed by atoms with Crippen molar-refractivity contribution in [2.24, 2.45) is 0 Å². The number of fused-ring (bicyclic) bond motifs is 4. The lowest BCUT2D eigenvalue weighted by Crippen LogP contribution is -2.51. The van der Waals surface area contributed by atoms with Crippen LogP contribution in [0.4, 0.5) is 23.4 Å². The van der Waals surface area contributed by atoms with Gasteiger partial charge < -0.3 is 25.2 Å². The molecule has 0 spiro atoms. The molecule has 7 nitrogen and oxygen atoms in total. The van der Waals surface area contributed by atoms with Gasteiger partial charge in [-0.15, -0.1) is 0 Å². The molecule has 2 bridgehead atoms. The molecule has 0 aliphatic carbocycles. The van der Waals surface area contributed by atoms with E-state index in [0.717, 1.165) is 31.0 Å². The number of benzene rings is 3. The number of aromatic nitrogens is 2. The van der Waals surface area contributed by atoms with Gasteiger partial charge in [-0.3, -0.25) is 0 Å². The number of halogens is 4. The second-order valence-corrected chi connectivity index (χ2v) is 11.0. The van der Waals surface area contributed by atoms with Crippen LogP contribution in [0.1, 0.15) is 39.5 Å². The standard InChI is InChI=1S/C30H30F4N4O3/c1-3-30(40,4-2)14-41-29-36-27-20(28(37-29)38-12-16-6-7-17(13-38)35-16)11-22(32)24(26(27)34)19-10-18(39)9-15-5-8-21(31)25(33)23(15)19/h5,8-11,16-17,35,39-40H,3-4,6-7,12-14H2,1-2H3. The predicted octanol–water partition coefficient (Wildman–Crippen LogP) is 5.58. The lowest BCUT2D eigenvalue weighted by molar-refractivity contribution is -0.0139. The van der Waals surface area contributed by atoms with Crippen molar-refractivity contribution < 1.29 is 32.5 Å². The van der Waals surface area contributed by atoms with E-state index < -0.39 is 34.4 Å². The van der Waals surface area contributed by atoms with E-state index in [4.69, 9.17) is 4.74 Å². The summed E-state index contributed by atoms with van der Waals surface area (Å²) < 4.78 is 67.3. The SMILES string of the molecule is CCC(O)(CC)COc1nc(N2CC3CCC(C2)N3)c2cc(F)c(-c3cc(O)cc4ccc(F)c(F)c34)c(F)c2n1. The molecular weight excluding hydrogens is 540 g/mol. The number of anilines is 1. The highest BCUT2D eigenvalue weighted by Crippen LogP contribution is 2.41. The average Bonchev–Trinajstić information content (AvgIpc) is 3.30. The molecule has 0 radical (unpaired) electrons. The summed E-state index contributed by atoms with van der Waals surface area (Å²) in [6.07, 6.45) is 2.74. The minimum absolute atomic E-state index is 0.0694. The monoisotopic (exact) mass is 570 g/mol. The van der Waals surface area contributed by atoms with Gasteiger partial charge in [0.1, 0.15) is 29.5 Å². The van der Waals surface area contributed by atoms with Gasteiger partial charge in [-0.25, -0.2) is 17.6 Å². The summed E-state index contributed by atoms with van der Waals surface area (Å²) in [5, 5.41) is 24.3. The van der Waals surface area contributed by atoms with Crippen LogP contribution in [-0.4, -0.2) is 57.6 Å². The highest BCUT2D eigenvalue weighted by Gasteiger charge is 2.35. The number of phenolic OH excluding ortho intramolecular Hbond substituents is 1. The molecule has 216 valence electrons. The summed E-state index contributed by atoms with van der Waals surface area (Å²) >= 11 is 0. The largest absolute Gasteiger partial charge is 0.508 e. The van der Waals surface area contributed by atoms with Crippen LogP contribution in [0.15, 0.2) is 30.3 Å². The van der Waals surface area contributed by atoms with E-state index in [2.05, 4.69) is 15.3 Å². The third kappa shape index (κ3) is 4.80. The molecule has 2 saturated heterocycles. The van der Waals surface area contributed by atoms with E-state index in [-0.39, 0.29) is 63.5 Å². The van der Waals surface area contributed by atoms with Crippen molar-refractivity contribution in [1.29, 1.82) is 0 Å². The van der Waals surface area contributed by atoms with Crippen LogP contribution in [0.3, 0.4) is 0 Å². The Bertz CT molecular complexity index is 1650. The van der Waals surface area contributed by atoms with Crippen molar-refractivity contribution in [3.05, 3.63) is 53.6 Å². The van der Waals surface area contributed by atoms with E-state index in [0.29, 0.717) is 25.9 Å². The molecule has 3 aromatic carbocycles. The molecule has 0 saturated carbocycles. The first-order valence-corrected chi connectivity index (χ1v) is 13.8. The fraction of sp³-hybridized carbons (Fsp3) is 0.400. The topological polar surface area (TPSA) is 90.7 Å². The quantitative estimate of drug-likeness (QED) is 0.250. The fourth-order valence-electron chi connectivity index (χ4n) is 5.91. The number of hydrogen-bond acceptors (Lipinski definition) is 7. The molecule has 2 aliphatic heterocycles. The van der Waals surface area contributed by atoms with Crippen molar-refractivity contribution in [3.8, 4) is 22.9 Å². The Labute approximate surface area is 233 Å². The van der Waals surface area contributed by atoms with Gasteiger partial charge >= 0.3 is 6.01 Å². The normalized spacial score (nSPS) is 19.0. The summed E-state index contributed by atoms with van der Waals surface area (Å²) in [6.45, 7) is 4.60. The van der Waals surface area contributed by atoms with Gasteiger partial charge in [-0.05, 0) is 55.3 Å². The van der Waals surface area contributed by atoms with Crippen molar-refractivity contribution in [1.82, 2.24) is 15.3 Å². The fourth-order valence-corrected chi connectivity index (χ4v) is 5.91. The molecule has 6 rings (SSSR count). The van der Waals surface area contributed by atoms with E-state index in [1.54, 1.807) is 0 Å². The molecule has 3 N–H and O–H groups in total. The van der Waals surface area contributed by atoms with Crippen LogP contribution in [0.25, 0.3) is 32.8 Å². The Morgan fingerprint density at radius 1 is 0.976 bits per heavy atom. The van der Waals surface area contributed by atoms with Crippen LogP contribution in [0, 0.1) is 23.3 Å². The van der Waals surface area contributed by atoms with Gasteiger partial charge in [0.2, 0.25) is 0 Å². The summed E-state index contributed by atoms with van der Waals surface area (Å²) in [5.74, 6) is -4.77. The maximum Gasteiger partial charge on any atom is 0.319 e. The molecule has 11 heteroatoms. The molecule has 0 amide bonds. The second-order valence-electron chi connectivity index (χ2n) is 11.0. The maximum absolute atomic E-state index is 16.4. The lowest BCUT2D eigenvalue weighted by atomic mass is 9.95. The second kappa shape index (κ2) is 10.3. The van der Waals surface area contributed by atoms with Crippen LogP contribution in [0.2, 0.25) is 0 Å². The van der Waals surface area contributed by atoms with Crippen LogP contribution >= 0.6 is 0 Å². The highest BCUT2D eigenvalue weighted by atomic mass is 19.2. The zero-order valence-corrected chi connectivity index (χ0v) is 22.6. The van der Waals surface area contributed by atoms with Gasteiger partial charge in [0.15, 0.2) is 17.5 Å². The van der Waals surface area contributed by atoms with Crippen molar-refractivity contribution >= 4 is 27.5 Å². The number of phenols is 1. The minimum atomic E-state index is -1.29. The first-order chi connectivity index (χ1) is 19.6. The third-order valence-electron chi connectivity index (χ3n) is 8.41.